The standard InChI is InChI=1S/C40H42N2O5S/c1-29-38(27-42(2)26-30-10-5-3-6-11-30)46-40(47-39(29)34-18-16-31(28-43)17-19-34)35-22-20-33(21-23-35)36-13-9-12-32(24-36)25-41-48(44,45)37-14-7-4-8-15-37/h3-24,29,38-41,43H,25-28H2,1-2H3/t29-,38+,39+,40+/m1/s1. The highest BCUT2D eigenvalue weighted by Crippen LogP contribution is 2.42. The van der Waals surface area contributed by atoms with Crippen LogP contribution in [-0.4, -0.2) is 38.1 Å². The molecule has 1 heterocycles. The summed E-state index contributed by atoms with van der Waals surface area (Å²) in [5.41, 5.74) is 6.94. The summed E-state index contributed by atoms with van der Waals surface area (Å²) in [6.07, 6.45) is -0.842. The summed E-state index contributed by atoms with van der Waals surface area (Å²) in [6, 6.07) is 42.8. The first-order valence-electron chi connectivity index (χ1n) is 16.3. The van der Waals surface area contributed by atoms with E-state index in [4.69, 9.17) is 9.47 Å². The van der Waals surface area contributed by atoms with E-state index in [0.29, 0.717) is 0 Å². The minimum absolute atomic E-state index is 0.00143. The van der Waals surface area contributed by atoms with E-state index in [1.165, 1.54) is 5.56 Å². The molecule has 5 aromatic rings. The van der Waals surface area contributed by atoms with E-state index in [2.05, 4.69) is 60.0 Å². The van der Waals surface area contributed by atoms with E-state index in [9.17, 15) is 13.5 Å². The molecule has 248 valence electrons. The third-order valence-corrected chi connectivity index (χ3v) is 10.3. The van der Waals surface area contributed by atoms with Crippen LogP contribution in [0, 0.1) is 5.92 Å². The number of ether oxygens (including phenoxy) is 2. The Morgan fingerprint density at radius 3 is 2.04 bits per heavy atom. The molecule has 0 radical (unpaired) electrons. The van der Waals surface area contributed by atoms with Gasteiger partial charge < -0.3 is 14.6 Å². The molecule has 1 aliphatic rings. The first-order chi connectivity index (χ1) is 23.3. The van der Waals surface area contributed by atoms with Gasteiger partial charge in [-0.05, 0) is 58.6 Å². The largest absolute Gasteiger partial charge is 0.392 e. The van der Waals surface area contributed by atoms with Crippen LogP contribution in [0.5, 0.6) is 0 Å². The Balaban J connectivity index is 1.19. The number of sulfonamides is 1. The van der Waals surface area contributed by atoms with Crippen LogP contribution in [0.25, 0.3) is 11.1 Å². The third kappa shape index (κ3) is 8.28. The second-order valence-electron chi connectivity index (χ2n) is 12.5. The molecule has 0 saturated carbocycles. The maximum Gasteiger partial charge on any atom is 0.240 e. The van der Waals surface area contributed by atoms with Crippen molar-refractivity contribution in [1.29, 1.82) is 0 Å². The fraction of sp³-hybridized carbons (Fsp3) is 0.250. The summed E-state index contributed by atoms with van der Waals surface area (Å²) in [6.45, 7) is 3.92. The molecule has 1 saturated heterocycles. The SMILES string of the molecule is C[C@@H]1[C@H](CN(C)Cc2ccccc2)O[C@H](c2ccc(-c3cccc(CNS(=O)(=O)c4ccccc4)c3)cc2)O[C@@H]1c1ccc(CO)cc1. The fourth-order valence-electron chi connectivity index (χ4n) is 6.15. The molecule has 0 aliphatic carbocycles. The Labute approximate surface area is 283 Å². The Morgan fingerprint density at radius 1 is 0.708 bits per heavy atom. The third-order valence-electron chi connectivity index (χ3n) is 8.87. The van der Waals surface area contributed by atoms with Crippen LogP contribution in [-0.2, 0) is 39.2 Å². The van der Waals surface area contributed by atoms with Crippen LogP contribution < -0.4 is 4.72 Å². The summed E-state index contributed by atoms with van der Waals surface area (Å²) in [5, 5.41) is 9.58. The zero-order valence-corrected chi connectivity index (χ0v) is 28.1. The molecule has 2 N–H and O–H groups in total. The molecule has 0 unspecified atom stereocenters. The highest BCUT2D eigenvalue weighted by molar-refractivity contribution is 7.89. The number of hydrogen-bond donors (Lipinski definition) is 2. The Hall–Kier alpha value is -4.15. The van der Waals surface area contributed by atoms with Gasteiger partial charge in [0.15, 0.2) is 6.29 Å². The number of aliphatic hydroxyl groups is 1. The first kappa shape index (κ1) is 33.7. The highest BCUT2D eigenvalue weighted by Gasteiger charge is 2.38. The highest BCUT2D eigenvalue weighted by atomic mass is 32.2. The summed E-state index contributed by atoms with van der Waals surface area (Å²) in [4.78, 5) is 2.54. The summed E-state index contributed by atoms with van der Waals surface area (Å²) in [5.74, 6) is 0.0841. The van der Waals surface area contributed by atoms with E-state index < -0.39 is 16.3 Å². The van der Waals surface area contributed by atoms with Gasteiger partial charge in [0.25, 0.3) is 0 Å². The molecule has 0 aromatic heterocycles. The van der Waals surface area contributed by atoms with E-state index in [0.717, 1.165) is 46.5 Å². The van der Waals surface area contributed by atoms with Gasteiger partial charge in [-0.1, -0.05) is 122 Å². The van der Waals surface area contributed by atoms with Gasteiger partial charge in [-0.25, -0.2) is 13.1 Å². The van der Waals surface area contributed by atoms with Crippen molar-refractivity contribution >= 4 is 10.0 Å². The van der Waals surface area contributed by atoms with Crippen LogP contribution in [0.15, 0.2) is 138 Å². The van der Waals surface area contributed by atoms with Crippen molar-refractivity contribution < 1.29 is 23.0 Å². The van der Waals surface area contributed by atoms with Crippen LogP contribution in [0.3, 0.4) is 0 Å². The molecular formula is C40H42N2O5S. The number of benzene rings is 5. The zero-order chi connectivity index (χ0) is 33.5. The van der Waals surface area contributed by atoms with Gasteiger partial charge in [0.1, 0.15) is 0 Å². The van der Waals surface area contributed by atoms with Crippen molar-refractivity contribution in [2.24, 2.45) is 5.92 Å². The van der Waals surface area contributed by atoms with Gasteiger partial charge >= 0.3 is 0 Å². The zero-order valence-electron chi connectivity index (χ0n) is 27.3. The number of aliphatic hydroxyl groups excluding tert-OH is 1. The van der Waals surface area contributed by atoms with Crippen LogP contribution in [0.4, 0.5) is 0 Å². The molecule has 1 aliphatic heterocycles. The first-order valence-corrected chi connectivity index (χ1v) is 17.7. The number of likely N-dealkylation sites (N-methyl/N-ethyl adjacent to an activating group) is 1. The summed E-state index contributed by atoms with van der Waals surface area (Å²) < 4.78 is 41.5. The van der Waals surface area contributed by atoms with E-state index in [1.54, 1.807) is 30.3 Å². The van der Waals surface area contributed by atoms with Gasteiger partial charge in [-0.15, -0.1) is 0 Å². The second-order valence-corrected chi connectivity index (χ2v) is 14.2. The molecule has 8 heteroatoms. The van der Waals surface area contributed by atoms with Crippen molar-refractivity contribution in [3.63, 3.8) is 0 Å². The molecule has 6 rings (SSSR count). The smallest absolute Gasteiger partial charge is 0.240 e. The van der Waals surface area contributed by atoms with Crippen LogP contribution in [0.1, 0.15) is 47.1 Å². The average molecular weight is 663 g/mol. The molecule has 5 aromatic carbocycles. The quantitative estimate of drug-likeness (QED) is 0.146. The topological polar surface area (TPSA) is 88.1 Å². The molecule has 0 amide bonds. The van der Waals surface area contributed by atoms with E-state index in [-0.39, 0.29) is 36.2 Å². The molecule has 0 spiro atoms. The summed E-state index contributed by atoms with van der Waals surface area (Å²) in [7, 11) is -1.49. The van der Waals surface area contributed by atoms with Crippen molar-refractivity contribution in [3.8, 4) is 11.1 Å². The van der Waals surface area contributed by atoms with Crippen molar-refractivity contribution in [2.75, 3.05) is 13.6 Å². The van der Waals surface area contributed by atoms with Crippen molar-refractivity contribution in [1.82, 2.24) is 9.62 Å². The average Bonchev–Trinajstić information content (AvgIpc) is 3.13. The number of nitrogens with zero attached hydrogens (tertiary/aromatic N) is 1. The fourth-order valence-corrected chi connectivity index (χ4v) is 7.19. The Morgan fingerprint density at radius 2 is 1.35 bits per heavy atom. The monoisotopic (exact) mass is 662 g/mol. The number of rotatable bonds is 12. The van der Waals surface area contributed by atoms with Crippen molar-refractivity contribution in [2.45, 2.75) is 50.0 Å². The minimum atomic E-state index is -3.61. The number of nitrogens with one attached hydrogen (secondary N) is 1. The predicted octanol–water partition coefficient (Wildman–Crippen LogP) is 7.25. The minimum Gasteiger partial charge on any atom is -0.392 e. The maximum atomic E-state index is 12.7. The summed E-state index contributed by atoms with van der Waals surface area (Å²) >= 11 is 0. The normalized spacial score (nSPS) is 19.8. The second kappa shape index (κ2) is 15.4. The molecule has 1 fully saturated rings. The maximum absolute atomic E-state index is 12.7. The predicted molar refractivity (Wildman–Crippen MR) is 188 cm³/mol. The Bertz CT molecular complexity index is 1870. The van der Waals surface area contributed by atoms with Gasteiger partial charge in [-0.2, -0.15) is 0 Å². The van der Waals surface area contributed by atoms with E-state index in [1.807, 2.05) is 66.7 Å². The lowest BCUT2D eigenvalue weighted by molar-refractivity contribution is -0.276. The van der Waals surface area contributed by atoms with Gasteiger partial charge in [0.05, 0.1) is 23.7 Å². The van der Waals surface area contributed by atoms with Crippen LogP contribution in [0.2, 0.25) is 0 Å². The Kier molecular flexibility index (Phi) is 10.8. The van der Waals surface area contributed by atoms with Gasteiger partial charge in [0, 0.05) is 31.1 Å². The molecule has 7 nitrogen and oxygen atoms in total. The van der Waals surface area contributed by atoms with Crippen molar-refractivity contribution in [3.05, 3.63) is 161 Å². The molecule has 4 atom stereocenters. The van der Waals surface area contributed by atoms with Crippen LogP contribution >= 0.6 is 0 Å². The van der Waals surface area contributed by atoms with Gasteiger partial charge in [0.2, 0.25) is 10.0 Å². The molecule has 48 heavy (non-hydrogen) atoms. The molecule has 0 bridgehead atoms. The van der Waals surface area contributed by atoms with E-state index >= 15 is 0 Å². The lowest BCUT2D eigenvalue weighted by atomic mass is 9.90. The number of hydrogen-bond acceptors (Lipinski definition) is 6. The van der Waals surface area contributed by atoms with Gasteiger partial charge in [-0.3, -0.25) is 4.90 Å². The molecular weight excluding hydrogens is 621 g/mol. The lowest BCUT2D eigenvalue weighted by Crippen LogP contribution is -2.43. The lowest BCUT2D eigenvalue weighted by Gasteiger charge is -2.42.